The molecule has 0 saturated carbocycles. The van der Waals surface area contributed by atoms with Crippen LogP contribution in [0.4, 0.5) is 0 Å². The lowest BCUT2D eigenvalue weighted by Gasteiger charge is -2.07. The van der Waals surface area contributed by atoms with Gasteiger partial charge in [0.15, 0.2) is 11.5 Å². The van der Waals surface area contributed by atoms with Crippen LogP contribution in [0.3, 0.4) is 0 Å². The van der Waals surface area contributed by atoms with Crippen LogP contribution in [0.2, 0.25) is 0 Å². The molecule has 94 valence electrons. The van der Waals surface area contributed by atoms with Crippen LogP contribution in [0.5, 0.6) is 11.5 Å². The summed E-state index contributed by atoms with van der Waals surface area (Å²) in [4.78, 5) is 4.20. The molecule has 0 amide bonds. The monoisotopic (exact) mass is 311 g/mol. The third-order valence-electron chi connectivity index (χ3n) is 2.71. The van der Waals surface area contributed by atoms with E-state index in [4.69, 9.17) is 19.7 Å². The maximum Gasteiger partial charge on any atom is 0.240 e. The first-order chi connectivity index (χ1) is 8.70. The Labute approximate surface area is 111 Å². The van der Waals surface area contributed by atoms with Crippen LogP contribution in [-0.4, -0.2) is 16.9 Å². The Morgan fingerprint density at radius 3 is 3.00 bits per heavy atom. The normalized spacial score (nSPS) is 13.1. The van der Waals surface area contributed by atoms with E-state index >= 15 is 0 Å². The topological polar surface area (TPSA) is 83.4 Å². The highest BCUT2D eigenvalue weighted by Crippen LogP contribution is 2.44. The first kappa shape index (κ1) is 11.5. The molecule has 18 heavy (non-hydrogen) atoms. The minimum absolute atomic E-state index is 0.216. The fourth-order valence-electron chi connectivity index (χ4n) is 1.79. The van der Waals surface area contributed by atoms with E-state index in [1.165, 1.54) is 0 Å². The second-order valence-corrected chi connectivity index (χ2v) is 4.61. The van der Waals surface area contributed by atoms with Gasteiger partial charge in [-0.2, -0.15) is 4.98 Å². The highest BCUT2D eigenvalue weighted by molar-refractivity contribution is 9.10. The van der Waals surface area contributed by atoms with Crippen LogP contribution in [0, 0.1) is 6.92 Å². The van der Waals surface area contributed by atoms with Gasteiger partial charge in [0.05, 0.1) is 6.54 Å². The van der Waals surface area contributed by atoms with E-state index in [2.05, 4.69) is 26.1 Å². The van der Waals surface area contributed by atoms with Gasteiger partial charge in [-0.15, -0.1) is 0 Å². The average Bonchev–Trinajstić information content (AvgIpc) is 3.01. The van der Waals surface area contributed by atoms with E-state index in [0.717, 1.165) is 21.3 Å². The van der Waals surface area contributed by atoms with Gasteiger partial charge in [-0.05, 0) is 28.9 Å². The number of nitrogens with two attached hydrogens (primary N) is 1. The van der Waals surface area contributed by atoms with Crippen LogP contribution >= 0.6 is 15.9 Å². The molecule has 0 atom stereocenters. The van der Waals surface area contributed by atoms with Crippen molar-refractivity contribution in [3.63, 3.8) is 0 Å². The van der Waals surface area contributed by atoms with Crippen LogP contribution in [0.25, 0.3) is 11.4 Å². The number of aromatic nitrogens is 2. The highest BCUT2D eigenvalue weighted by atomic mass is 79.9. The van der Waals surface area contributed by atoms with Crippen molar-refractivity contribution >= 4 is 15.9 Å². The molecule has 0 radical (unpaired) electrons. The number of halogens is 1. The number of benzene rings is 1. The van der Waals surface area contributed by atoms with Crippen molar-refractivity contribution in [2.45, 2.75) is 13.5 Å². The molecule has 0 unspecified atom stereocenters. The number of fused-ring (bicyclic) bond motifs is 1. The van der Waals surface area contributed by atoms with Gasteiger partial charge in [-0.3, -0.25) is 0 Å². The van der Waals surface area contributed by atoms with Crippen molar-refractivity contribution in [3.05, 3.63) is 22.0 Å². The molecule has 3 rings (SSSR count). The number of ether oxygens (including phenoxy) is 2. The summed E-state index contributed by atoms with van der Waals surface area (Å²) >= 11 is 3.51. The van der Waals surface area contributed by atoms with E-state index in [9.17, 15) is 0 Å². The van der Waals surface area contributed by atoms with Gasteiger partial charge >= 0.3 is 0 Å². The zero-order valence-corrected chi connectivity index (χ0v) is 11.2. The Hall–Kier alpha value is -1.60. The van der Waals surface area contributed by atoms with Gasteiger partial charge in [0, 0.05) is 15.6 Å². The van der Waals surface area contributed by atoms with Crippen molar-refractivity contribution in [2.75, 3.05) is 6.79 Å². The Morgan fingerprint density at radius 2 is 2.28 bits per heavy atom. The largest absolute Gasteiger partial charge is 0.454 e. The highest BCUT2D eigenvalue weighted by Gasteiger charge is 2.23. The second-order valence-electron chi connectivity index (χ2n) is 3.81. The van der Waals surface area contributed by atoms with Crippen molar-refractivity contribution in [3.8, 4) is 22.9 Å². The Balaban J connectivity index is 2.15. The van der Waals surface area contributed by atoms with Gasteiger partial charge in [0.1, 0.15) is 0 Å². The number of hydrogen-bond donors (Lipinski definition) is 1. The Kier molecular flexibility index (Phi) is 2.71. The molecule has 0 aliphatic carbocycles. The lowest BCUT2D eigenvalue weighted by atomic mass is 10.1. The predicted octanol–water partition coefficient (Wildman–Crippen LogP) is 1.99. The third-order valence-corrected chi connectivity index (χ3v) is 3.73. The maximum atomic E-state index is 5.45. The molecule has 1 aromatic heterocycles. The smallest absolute Gasteiger partial charge is 0.240 e. The molecule has 6 nitrogen and oxygen atoms in total. The second kappa shape index (κ2) is 4.25. The van der Waals surface area contributed by atoms with Crippen molar-refractivity contribution in [1.29, 1.82) is 0 Å². The van der Waals surface area contributed by atoms with Gasteiger partial charge in [0.2, 0.25) is 18.5 Å². The predicted molar refractivity (Wildman–Crippen MR) is 66.2 cm³/mol. The average molecular weight is 312 g/mol. The zero-order valence-electron chi connectivity index (χ0n) is 9.57. The Morgan fingerprint density at radius 1 is 1.44 bits per heavy atom. The summed E-state index contributed by atoms with van der Waals surface area (Å²) in [5.74, 6) is 2.30. The van der Waals surface area contributed by atoms with Crippen LogP contribution < -0.4 is 15.2 Å². The molecule has 0 spiro atoms. The summed E-state index contributed by atoms with van der Waals surface area (Å²) in [5, 5.41) is 3.89. The fraction of sp³-hybridized carbons (Fsp3) is 0.273. The van der Waals surface area contributed by atoms with Crippen molar-refractivity contribution in [1.82, 2.24) is 10.1 Å². The number of rotatable bonds is 2. The molecule has 1 aliphatic heterocycles. The van der Waals surface area contributed by atoms with Gasteiger partial charge in [-0.1, -0.05) is 5.16 Å². The molecular formula is C11H10BrN3O3. The molecule has 2 N–H and O–H groups in total. The van der Waals surface area contributed by atoms with Gasteiger partial charge < -0.3 is 19.7 Å². The molecule has 0 bridgehead atoms. The van der Waals surface area contributed by atoms with E-state index < -0.39 is 0 Å². The minimum atomic E-state index is 0.216. The SMILES string of the molecule is Cc1c(Br)c(-c2noc(CN)n2)cc2c1OCO2. The first-order valence-electron chi connectivity index (χ1n) is 5.32. The van der Waals surface area contributed by atoms with Crippen LogP contribution in [0.15, 0.2) is 15.1 Å². The number of nitrogens with zero attached hydrogens (tertiary/aromatic N) is 2. The third kappa shape index (κ3) is 1.67. The maximum absolute atomic E-state index is 5.45. The number of hydrogen-bond acceptors (Lipinski definition) is 6. The molecule has 0 saturated heterocycles. The summed E-state index contributed by atoms with van der Waals surface area (Å²) in [5.41, 5.74) is 7.18. The van der Waals surface area contributed by atoms with E-state index in [1.807, 2.05) is 13.0 Å². The van der Waals surface area contributed by atoms with Gasteiger partial charge in [0.25, 0.3) is 0 Å². The summed E-state index contributed by atoms with van der Waals surface area (Å²) < 4.78 is 16.6. The lowest BCUT2D eigenvalue weighted by molar-refractivity contribution is 0.173. The molecule has 2 heterocycles. The minimum Gasteiger partial charge on any atom is -0.454 e. The van der Waals surface area contributed by atoms with E-state index in [1.54, 1.807) is 0 Å². The van der Waals surface area contributed by atoms with E-state index in [0.29, 0.717) is 17.5 Å². The van der Waals surface area contributed by atoms with Crippen molar-refractivity contribution < 1.29 is 14.0 Å². The Bertz CT molecular complexity index is 612. The van der Waals surface area contributed by atoms with E-state index in [-0.39, 0.29) is 13.3 Å². The molecule has 1 aliphatic rings. The molecule has 0 fully saturated rings. The van der Waals surface area contributed by atoms with Crippen molar-refractivity contribution in [2.24, 2.45) is 5.73 Å². The summed E-state index contributed by atoms with van der Waals surface area (Å²) in [7, 11) is 0. The standard InChI is InChI=1S/C11H10BrN3O3/c1-5-9(12)6(2-7-10(5)17-4-16-7)11-14-8(3-13)18-15-11/h2H,3-4,13H2,1H3. The quantitative estimate of drug-likeness (QED) is 0.913. The van der Waals surface area contributed by atoms with Gasteiger partial charge in [-0.25, -0.2) is 0 Å². The molecule has 7 heteroatoms. The molecular weight excluding hydrogens is 302 g/mol. The summed E-state index contributed by atoms with van der Waals surface area (Å²) in [6.07, 6.45) is 0. The lowest BCUT2D eigenvalue weighted by Crippen LogP contribution is -1.96. The first-order valence-corrected chi connectivity index (χ1v) is 6.11. The molecule has 2 aromatic rings. The molecule has 1 aromatic carbocycles. The summed E-state index contributed by atoms with van der Waals surface area (Å²) in [6.45, 7) is 2.38. The fourth-order valence-corrected chi connectivity index (χ4v) is 2.27. The van der Waals surface area contributed by atoms with Crippen LogP contribution in [-0.2, 0) is 6.54 Å². The van der Waals surface area contributed by atoms with Crippen LogP contribution in [0.1, 0.15) is 11.5 Å². The summed E-state index contributed by atoms with van der Waals surface area (Å²) in [6, 6.07) is 1.82. The zero-order chi connectivity index (χ0) is 12.7.